The molecule has 2 spiro atoms. The van der Waals surface area contributed by atoms with Crippen molar-refractivity contribution in [2.24, 2.45) is 11.8 Å². The quantitative estimate of drug-likeness (QED) is 0.383. The summed E-state index contributed by atoms with van der Waals surface area (Å²) in [5.41, 5.74) is -0.122. The molecule has 0 unspecified atom stereocenters. The van der Waals surface area contributed by atoms with E-state index in [9.17, 15) is 9.59 Å². The Morgan fingerprint density at radius 3 is 2.46 bits per heavy atom. The fourth-order valence-corrected chi connectivity index (χ4v) is 9.32. The Balaban J connectivity index is 1.51. The molecule has 2 aromatic rings. The SMILES string of the molecule is CC(C)C1CCC(NC(=O)[C@H]2[C@H](c3cccc(Cl)c3F)[C@]3(C(=O)Nc4cc(Cl)ccc43)C3(CCCCC3)N2C)CC1. The molecule has 0 bridgehead atoms. The molecular formula is C33H40Cl2FN3O2. The lowest BCUT2D eigenvalue weighted by molar-refractivity contribution is -0.128. The summed E-state index contributed by atoms with van der Waals surface area (Å²) in [7, 11) is 1.97. The van der Waals surface area contributed by atoms with Gasteiger partial charge in [-0.05, 0) is 86.7 Å². The third-order valence-corrected chi connectivity index (χ3v) is 11.5. The average Bonchev–Trinajstić information content (AvgIpc) is 3.35. The summed E-state index contributed by atoms with van der Waals surface area (Å²) < 4.78 is 16.1. The van der Waals surface area contributed by atoms with Crippen LogP contribution in [0.1, 0.15) is 88.7 Å². The van der Waals surface area contributed by atoms with E-state index in [1.54, 1.807) is 24.3 Å². The number of rotatable bonds is 4. The Morgan fingerprint density at radius 2 is 1.78 bits per heavy atom. The van der Waals surface area contributed by atoms with Crippen molar-refractivity contribution >= 4 is 40.7 Å². The number of carbonyl (C=O) groups is 2. The Bertz CT molecular complexity index is 1350. The molecular weight excluding hydrogens is 560 g/mol. The van der Waals surface area contributed by atoms with Crippen LogP contribution < -0.4 is 10.6 Å². The van der Waals surface area contributed by atoms with E-state index in [2.05, 4.69) is 29.4 Å². The van der Waals surface area contributed by atoms with Crippen molar-refractivity contribution in [1.29, 1.82) is 0 Å². The topological polar surface area (TPSA) is 61.4 Å². The van der Waals surface area contributed by atoms with Crippen molar-refractivity contribution in [2.75, 3.05) is 12.4 Å². The van der Waals surface area contributed by atoms with Crippen LogP contribution in [0.4, 0.5) is 10.1 Å². The summed E-state index contributed by atoms with van der Waals surface area (Å²) in [5.74, 6) is -0.375. The number of halogens is 3. The Hall–Kier alpha value is -2.15. The van der Waals surface area contributed by atoms with Gasteiger partial charge in [-0.15, -0.1) is 0 Å². The maximum Gasteiger partial charge on any atom is 0.238 e. The van der Waals surface area contributed by atoms with E-state index in [0.29, 0.717) is 28.1 Å². The smallest absolute Gasteiger partial charge is 0.238 e. The number of fused-ring (bicyclic) bond motifs is 3. The molecule has 0 radical (unpaired) electrons. The largest absolute Gasteiger partial charge is 0.352 e. The molecule has 4 aliphatic rings. The van der Waals surface area contributed by atoms with E-state index in [0.717, 1.165) is 63.4 Å². The van der Waals surface area contributed by atoms with Crippen molar-refractivity contribution in [3.05, 3.63) is 63.4 Å². The van der Waals surface area contributed by atoms with Gasteiger partial charge < -0.3 is 10.6 Å². The van der Waals surface area contributed by atoms with E-state index < -0.39 is 28.7 Å². The molecule has 5 nitrogen and oxygen atoms in total. The first-order chi connectivity index (χ1) is 19.6. The maximum atomic E-state index is 16.1. The van der Waals surface area contributed by atoms with Gasteiger partial charge >= 0.3 is 0 Å². The number of hydrogen-bond donors (Lipinski definition) is 2. The second-order valence-corrected chi connectivity index (χ2v) is 13.9. The van der Waals surface area contributed by atoms with Crippen LogP contribution in [0.25, 0.3) is 0 Å². The van der Waals surface area contributed by atoms with Gasteiger partial charge in [0.1, 0.15) is 11.2 Å². The molecule has 6 rings (SSSR count). The van der Waals surface area contributed by atoms with Gasteiger partial charge in [0.2, 0.25) is 11.8 Å². The van der Waals surface area contributed by atoms with Gasteiger partial charge in [0.15, 0.2) is 0 Å². The maximum absolute atomic E-state index is 16.1. The van der Waals surface area contributed by atoms with Gasteiger partial charge in [0, 0.05) is 28.2 Å². The van der Waals surface area contributed by atoms with Crippen molar-refractivity contribution in [3.8, 4) is 0 Å². The van der Waals surface area contributed by atoms with Crippen LogP contribution in [0.3, 0.4) is 0 Å². The van der Waals surface area contributed by atoms with E-state index in [1.807, 2.05) is 13.1 Å². The first-order valence-corrected chi connectivity index (χ1v) is 16.0. The van der Waals surface area contributed by atoms with E-state index in [4.69, 9.17) is 23.2 Å². The highest BCUT2D eigenvalue weighted by atomic mass is 35.5. The van der Waals surface area contributed by atoms with Crippen molar-refractivity contribution in [3.63, 3.8) is 0 Å². The average molecular weight is 601 g/mol. The number of anilines is 1. The summed E-state index contributed by atoms with van der Waals surface area (Å²) in [6.45, 7) is 4.53. The van der Waals surface area contributed by atoms with Crippen LogP contribution >= 0.6 is 23.2 Å². The predicted molar refractivity (Wildman–Crippen MR) is 162 cm³/mol. The number of carbonyl (C=O) groups excluding carboxylic acids is 2. The lowest BCUT2D eigenvalue weighted by atomic mass is 9.55. The Kier molecular flexibility index (Phi) is 7.65. The summed E-state index contributed by atoms with van der Waals surface area (Å²) in [6, 6.07) is 9.73. The first kappa shape index (κ1) is 28.9. The van der Waals surface area contributed by atoms with Gasteiger partial charge in [-0.2, -0.15) is 0 Å². The molecule has 2 heterocycles. The third-order valence-electron chi connectivity index (χ3n) is 10.9. The lowest BCUT2D eigenvalue weighted by Crippen LogP contribution is -2.60. The van der Waals surface area contributed by atoms with Crippen molar-refractivity contribution < 1.29 is 14.0 Å². The number of amides is 2. The standard InChI is InChI=1S/C33H40Cl2FN3O2/c1-19(2)20-10-13-22(14-11-20)37-30(40)29-27(23-8-7-9-25(35)28(23)36)33(32(39(29)3)16-5-4-6-17-32)24-15-12-21(34)18-26(24)38-31(33)41/h7-9,12,15,18-20,22,27,29H,4-6,10-11,13-14,16-17H2,1-3H3,(H,37,40)(H,38,41)/t20?,22?,27-,29+,33+/m0/s1. The minimum Gasteiger partial charge on any atom is -0.352 e. The number of likely N-dealkylation sites (N-methyl/N-ethyl adjacent to an activating group) is 1. The molecule has 2 amide bonds. The van der Waals surface area contributed by atoms with Crippen LogP contribution in [0.5, 0.6) is 0 Å². The zero-order chi connectivity index (χ0) is 29.1. The summed E-state index contributed by atoms with van der Waals surface area (Å²) >= 11 is 12.8. The number of hydrogen-bond acceptors (Lipinski definition) is 3. The van der Waals surface area contributed by atoms with Crippen LogP contribution in [-0.4, -0.2) is 41.4 Å². The van der Waals surface area contributed by atoms with Gasteiger partial charge in [0.05, 0.1) is 11.1 Å². The highest BCUT2D eigenvalue weighted by Gasteiger charge is 2.74. The molecule has 8 heteroatoms. The lowest BCUT2D eigenvalue weighted by Gasteiger charge is -2.49. The van der Waals surface area contributed by atoms with Gasteiger partial charge in [-0.3, -0.25) is 14.5 Å². The molecule has 2 aliphatic carbocycles. The number of likely N-dealkylation sites (tertiary alicyclic amines) is 1. The van der Waals surface area contributed by atoms with Crippen molar-refractivity contribution in [1.82, 2.24) is 10.2 Å². The second-order valence-electron chi connectivity index (χ2n) is 13.1. The minimum absolute atomic E-state index is 0.00852. The van der Waals surface area contributed by atoms with Crippen LogP contribution in [0, 0.1) is 17.7 Å². The van der Waals surface area contributed by atoms with E-state index >= 15 is 4.39 Å². The monoisotopic (exact) mass is 599 g/mol. The molecule has 2 aromatic carbocycles. The normalized spacial score (nSPS) is 31.0. The Morgan fingerprint density at radius 1 is 1.07 bits per heavy atom. The highest BCUT2D eigenvalue weighted by molar-refractivity contribution is 6.31. The zero-order valence-corrected chi connectivity index (χ0v) is 25.6. The summed E-state index contributed by atoms with van der Waals surface area (Å²) in [5, 5.41) is 7.00. The summed E-state index contributed by atoms with van der Waals surface area (Å²) in [4.78, 5) is 31.2. The molecule has 2 N–H and O–H groups in total. The van der Waals surface area contributed by atoms with E-state index in [-0.39, 0.29) is 22.9 Å². The van der Waals surface area contributed by atoms with Crippen molar-refractivity contribution in [2.45, 2.75) is 101 Å². The first-order valence-electron chi connectivity index (χ1n) is 15.2. The van der Waals surface area contributed by atoms with Gasteiger partial charge in [0.25, 0.3) is 0 Å². The molecule has 2 saturated carbocycles. The third kappa shape index (κ3) is 4.34. The minimum atomic E-state index is -1.19. The molecule has 3 fully saturated rings. The van der Waals surface area contributed by atoms with E-state index in [1.165, 1.54) is 6.07 Å². The second kappa shape index (κ2) is 10.8. The van der Waals surface area contributed by atoms with Crippen LogP contribution in [-0.2, 0) is 15.0 Å². The molecule has 41 heavy (non-hydrogen) atoms. The van der Waals surface area contributed by atoms with Gasteiger partial charge in [-0.25, -0.2) is 4.39 Å². The highest BCUT2D eigenvalue weighted by Crippen LogP contribution is 2.66. The number of benzene rings is 2. The fourth-order valence-electron chi connectivity index (χ4n) is 8.96. The number of nitrogens with zero attached hydrogens (tertiary/aromatic N) is 1. The molecule has 3 atom stereocenters. The Labute approximate surface area is 252 Å². The van der Waals surface area contributed by atoms with Crippen LogP contribution in [0.15, 0.2) is 36.4 Å². The molecule has 2 aliphatic heterocycles. The predicted octanol–water partition coefficient (Wildman–Crippen LogP) is 7.45. The fraction of sp³-hybridized carbons (Fsp3) is 0.576. The summed E-state index contributed by atoms with van der Waals surface area (Å²) in [6.07, 6.45) is 8.43. The van der Waals surface area contributed by atoms with Gasteiger partial charge in [-0.1, -0.05) is 74.5 Å². The zero-order valence-electron chi connectivity index (χ0n) is 24.1. The van der Waals surface area contributed by atoms with Crippen LogP contribution in [0.2, 0.25) is 10.0 Å². The molecule has 220 valence electrons. The molecule has 1 saturated heterocycles. The number of nitrogens with one attached hydrogen (secondary N) is 2. The molecule has 0 aromatic heterocycles.